The van der Waals surface area contributed by atoms with E-state index in [0.29, 0.717) is 24.2 Å². The highest BCUT2D eigenvalue weighted by molar-refractivity contribution is 5.99. The fraction of sp³-hybridized carbons (Fsp3) is 0.500. The van der Waals surface area contributed by atoms with Crippen molar-refractivity contribution < 1.29 is 9.90 Å². The second kappa shape index (κ2) is 6.93. The monoisotopic (exact) mass is 252 g/mol. The van der Waals surface area contributed by atoms with Crippen LogP contribution < -0.4 is 11.3 Å². The van der Waals surface area contributed by atoms with E-state index in [-0.39, 0.29) is 18.6 Å². The lowest BCUT2D eigenvalue weighted by molar-refractivity contribution is 0.0693. The number of pyridine rings is 1. The Hall–Kier alpha value is -1.66. The maximum absolute atomic E-state index is 12.4. The molecule has 0 aliphatic carbocycles. The van der Waals surface area contributed by atoms with Gasteiger partial charge in [0.15, 0.2) is 0 Å². The van der Waals surface area contributed by atoms with Crippen LogP contribution in [0.5, 0.6) is 0 Å². The minimum Gasteiger partial charge on any atom is -0.396 e. The van der Waals surface area contributed by atoms with E-state index in [9.17, 15) is 4.79 Å². The van der Waals surface area contributed by atoms with Crippen LogP contribution in [0.2, 0.25) is 0 Å². The van der Waals surface area contributed by atoms with E-state index in [1.54, 1.807) is 17.2 Å². The molecule has 6 heteroatoms. The first-order chi connectivity index (χ1) is 8.61. The van der Waals surface area contributed by atoms with Gasteiger partial charge in [-0.3, -0.25) is 15.6 Å². The van der Waals surface area contributed by atoms with Crippen LogP contribution in [0, 0.1) is 0 Å². The summed E-state index contributed by atoms with van der Waals surface area (Å²) in [5, 5.41) is 8.87. The number of nitrogen functional groups attached to an aromatic ring is 1. The minimum absolute atomic E-state index is 0.0508. The molecule has 0 aromatic carbocycles. The molecule has 0 aliphatic rings. The van der Waals surface area contributed by atoms with Crippen molar-refractivity contribution >= 4 is 11.6 Å². The van der Waals surface area contributed by atoms with Gasteiger partial charge in [-0.2, -0.15) is 0 Å². The molecule has 0 spiro atoms. The highest BCUT2D eigenvalue weighted by Crippen LogP contribution is 2.16. The first kappa shape index (κ1) is 14.4. The van der Waals surface area contributed by atoms with Crippen molar-refractivity contribution in [2.45, 2.75) is 26.3 Å². The zero-order chi connectivity index (χ0) is 13.5. The number of hydrogen-bond donors (Lipinski definition) is 3. The Labute approximate surface area is 107 Å². The average Bonchev–Trinajstić information content (AvgIpc) is 2.38. The van der Waals surface area contributed by atoms with Gasteiger partial charge in [0.2, 0.25) is 0 Å². The molecule has 0 saturated carbocycles. The fourth-order valence-corrected chi connectivity index (χ4v) is 1.68. The van der Waals surface area contributed by atoms with Crippen molar-refractivity contribution in [2.24, 2.45) is 5.84 Å². The molecule has 0 radical (unpaired) electrons. The zero-order valence-electron chi connectivity index (χ0n) is 10.8. The Morgan fingerprint density at radius 1 is 1.61 bits per heavy atom. The van der Waals surface area contributed by atoms with Gasteiger partial charge in [0.25, 0.3) is 5.91 Å². The maximum Gasteiger partial charge on any atom is 0.257 e. The third-order valence-electron chi connectivity index (χ3n) is 2.65. The predicted octanol–water partition coefficient (Wildman–Crippen LogP) is 0.600. The summed E-state index contributed by atoms with van der Waals surface area (Å²) in [6.07, 6.45) is 3.61. The number of hydrazine groups is 1. The van der Waals surface area contributed by atoms with Gasteiger partial charge in [-0.25, -0.2) is 0 Å². The van der Waals surface area contributed by atoms with Crippen LogP contribution in [-0.2, 0) is 0 Å². The molecule has 0 aliphatic heterocycles. The quantitative estimate of drug-likeness (QED) is 0.509. The third-order valence-corrected chi connectivity index (χ3v) is 2.65. The molecule has 1 aromatic rings. The standard InChI is InChI=1S/C12H20N4O2/c1-9(2)16(6-3-7-17)12(18)10-8-14-5-4-11(10)15-13/h4-5,8-9,17H,3,6-7,13H2,1-2H3,(H,14,15). The molecule has 6 nitrogen and oxygen atoms in total. The summed E-state index contributed by atoms with van der Waals surface area (Å²) in [5.74, 6) is 5.24. The number of nitrogens with one attached hydrogen (secondary N) is 1. The summed E-state index contributed by atoms with van der Waals surface area (Å²) < 4.78 is 0. The predicted molar refractivity (Wildman–Crippen MR) is 69.9 cm³/mol. The number of carbonyl (C=O) groups excluding carboxylic acids is 1. The van der Waals surface area contributed by atoms with Crippen LogP contribution in [0.25, 0.3) is 0 Å². The van der Waals surface area contributed by atoms with E-state index >= 15 is 0 Å². The van der Waals surface area contributed by atoms with Crippen LogP contribution in [0.3, 0.4) is 0 Å². The molecule has 0 atom stereocenters. The topological polar surface area (TPSA) is 91.5 Å². The molecule has 100 valence electrons. The van der Waals surface area contributed by atoms with Gasteiger partial charge < -0.3 is 15.4 Å². The van der Waals surface area contributed by atoms with Crippen LogP contribution in [-0.4, -0.2) is 40.1 Å². The Morgan fingerprint density at radius 2 is 2.33 bits per heavy atom. The molecule has 1 rings (SSSR count). The molecule has 1 aromatic heterocycles. The smallest absolute Gasteiger partial charge is 0.257 e. The Balaban J connectivity index is 2.94. The van der Waals surface area contributed by atoms with Crippen LogP contribution >= 0.6 is 0 Å². The van der Waals surface area contributed by atoms with E-state index in [1.807, 2.05) is 13.8 Å². The summed E-state index contributed by atoms with van der Waals surface area (Å²) in [6.45, 7) is 4.43. The average molecular weight is 252 g/mol. The molecule has 18 heavy (non-hydrogen) atoms. The number of aromatic nitrogens is 1. The zero-order valence-corrected chi connectivity index (χ0v) is 10.8. The van der Waals surface area contributed by atoms with Crippen molar-refractivity contribution in [1.82, 2.24) is 9.88 Å². The number of amides is 1. The summed E-state index contributed by atoms with van der Waals surface area (Å²) >= 11 is 0. The lowest BCUT2D eigenvalue weighted by Gasteiger charge is -2.27. The number of carbonyl (C=O) groups is 1. The molecular formula is C12H20N4O2. The SMILES string of the molecule is CC(C)N(CCCO)C(=O)c1cnccc1NN. The number of aliphatic hydroxyl groups is 1. The molecule has 0 saturated heterocycles. The summed E-state index contributed by atoms with van der Waals surface area (Å²) in [6, 6.07) is 1.70. The molecule has 0 bridgehead atoms. The van der Waals surface area contributed by atoms with Gasteiger partial charge in [-0.05, 0) is 26.3 Å². The van der Waals surface area contributed by atoms with E-state index in [2.05, 4.69) is 10.4 Å². The molecule has 0 fully saturated rings. The number of hydrogen-bond acceptors (Lipinski definition) is 5. The molecule has 1 amide bonds. The Morgan fingerprint density at radius 3 is 2.89 bits per heavy atom. The molecule has 1 heterocycles. The van der Waals surface area contributed by atoms with Gasteiger partial charge >= 0.3 is 0 Å². The first-order valence-electron chi connectivity index (χ1n) is 5.94. The lowest BCUT2D eigenvalue weighted by atomic mass is 10.1. The van der Waals surface area contributed by atoms with Gasteiger partial charge in [0.05, 0.1) is 11.3 Å². The summed E-state index contributed by atoms with van der Waals surface area (Å²) in [7, 11) is 0. The van der Waals surface area contributed by atoms with Crippen molar-refractivity contribution in [3.8, 4) is 0 Å². The number of nitrogens with two attached hydrogens (primary N) is 1. The van der Waals surface area contributed by atoms with Crippen LogP contribution in [0.1, 0.15) is 30.6 Å². The van der Waals surface area contributed by atoms with Crippen LogP contribution in [0.4, 0.5) is 5.69 Å². The number of nitrogens with zero attached hydrogens (tertiary/aromatic N) is 2. The second-order valence-electron chi connectivity index (χ2n) is 4.24. The summed E-state index contributed by atoms with van der Waals surface area (Å²) in [5.41, 5.74) is 3.47. The normalized spacial score (nSPS) is 10.5. The highest BCUT2D eigenvalue weighted by atomic mass is 16.3. The van der Waals surface area contributed by atoms with E-state index in [0.717, 1.165) is 0 Å². The third kappa shape index (κ3) is 3.41. The van der Waals surface area contributed by atoms with Crippen molar-refractivity contribution in [3.63, 3.8) is 0 Å². The minimum atomic E-state index is -0.139. The highest BCUT2D eigenvalue weighted by Gasteiger charge is 2.20. The van der Waals surface area contributed by atoms with Gasteiger partial charge in [-0.15, -0.1) is 0 Å². The largest absolute Gasteiger partial charge is 0.396 e. The number of rotatable bonds is 6. The van der Waals surface area contributed by atoms with Crippen molar-refractivity contribution in [3.05, 3.63) is 24.0 Å². The molecule has 0 unspecified atom stereocenters. The Kier molecular flexibility index (Phi) is 5.54. The second-order valence-corrected chi connectivity index (χ2v) is 4.24. The lowest BCUT2D eigenvalue weighted by Crippen LogP contribution is -2.38. The molecular weight excluding hydrogens is 232 g/mol. The van der Waals surface area contributed by atoms with E-state index < -0.39 is 0 Å². The number of aliphatic hydroxyl groups excluding tert-OH is 1. The molecule has 4 N–H and O–H groups in total. The van der Waals surface area contributed by atoms with Crippen molar-refractivity contribution in [2.75, 3.05) is 18.6 Å². The van der Waals surface area contributed by atoms with E-state index in [4.69, 9.17) is 10.9 Å². The van der Waals surface area contributed by atoms with Gasteiger partial charge in [-0.1, -0.05) is 0 Å². The fourth-order valence-electron chi connectivity index (χ4n) is 1.68. The maximum atomic E-state index is 12.4. The van der Waals surface area contributed by atoms with Gasteiger partial charge in [0.1, 0.15) is 0 Å². The van der Waals surface area contributed by atoms with Crippen LogP contribution in [0.15, 0.2) is 18.5 Å². The Bertz CT molecular complexity index is 395. The van der Waals surface area contributed by atoms with E-state index in [1.165, 1.54) is 6.20 Å². The first-order valence-corrected chi connectivity index (χ1v) is 5.94. The number of anilines is 1. The van der Waals surface area contributed by atoms with Gasteiger partial charge in [0, 0.05) is 31.6 Å². The summed E-state index contributed by atoms with van der Waals surface area (Å²) in [4.78, 5) is 18.0. The van der Waals surface area contributed by atoms with Crippen molar-refractivity contribution in [1.29, 1.82) is 0 Å².